The first-order valence-electron chi connectivity index (χ1n) is 10.6. The van der Waals surface area contributed by atoms with Gasteiger partial charge < -0.3 is 15.0 Å². The van der Waals surface area contributed by atoms with E-state index in [0.29, 0.717) is 19.6 Å². The highest BCUT2D eigenvalue weighted by molar-refractivity contribution is 9.10. The Morgan fingerprint density at radius 3 is 2.97 bits per heavy atom. The topological polar surface area (TPSA) is 102 Å². The van der Waals surface area contributed by atoms with E-state index in [2.05, 4.69) is 36.1 Å². The number of rotatable bonds is 7. The summed E-state index contributed by atoms with van der Waals surface area (Å²) < 4.78 is 7.23. The number of nitrogens with zero attached hydrogens (tertiary/aromatic N) is 5. The largest absolute Gasteiger partial charge is 0.469 e. The lowest BCUT2D eigenvalue weighted by Gasteiger charge is -2.32. The Bertz CT molecular complexity index is 1100. The van der Waals surface area contributed by atoms with E-state index in [4.69, 9.17) is 4.98 Å². The van der Waals surface area contributed by atoms with Crippen molar-refractivity contribution in [2.75, 3.05) is 25.5 Å². The predicted molar refractivity (Wildman–Crippen MR) is 122 cm³/mol. The summed E-state index contributed by atoms with van der Waals surface area (Å²) in [5.74, 6) is 0.542. The number of pyridine rings is 1. The van der Waals surface area contributed by atoms with Gasteiger partial charge in [-0.1, -0.05) is 6.07 Å². The van der Waals surface area contributed by atoms with Crippen LogP contribution < -0.4 is 5.32 Å². The number of esters is 1. The number of likely N-dealkylation sites (tertiary alicyclic amines) is 1. The maximum absolute atomic E-state index is 12.6. The number of hydrogen-bond acceptors (Lipinski definition) is 7. The zero-order valence-electron chi connectivity index (χ0n) is 17.8. The molecule has 1 atom stereocenters. The third-order valence-electron chi connectivity index (χ3n) is 5.61. The molecule has 1 saturated heterocycles. The molecule has 1 aliphatic heterocycles. The molecule has 0 radical (unpaired) electrons. The number of methoxy groups -OCH3 is 1. The van der Waals surface area contributed by atoms with Crippen LogP contribution in [0.3, 0.4) is 0 Å². The number of fused-ring (bicyclic) bond motifs is 1. The van der Waals surface area contributed by atoms with Crippen molar-refractivity contribution in [1.29, 1.82) is 0 Å². The van der Waals surface area contributed by atoms with Gasteiger partial charge in [-0.2, -0.15) is 9.61 Å². The zero-order chi connectivity index (χ0) is 22.5. The average molecular weight is 501 g/mol. The Labute approximate surface area is 194 Å². The van der Waals surface area contributed by atoms with Gasteiger partial charge in [0.15, 0.2) is 5.65 Å². The number of nitrogens with one attached hydrogen (secondary N) is 1. The van der Waals surface area contributed by atoms with Crippen LogP contribution >= 0.6 is 15.9 Å². The van der Waals surface area contributed by atoms with Crippen molar-refractivity contribution < 1.29 is 14.3 Å². The lowest BCUT2D eigenvalue weighted by atomic mass is 9.94. The monoisotopic (exact) mass is 500 g/mol. The molecular formula is C22H25BrN6O3. The smallest absolute Gasteiger partial charge is 0.306 e. The highest BCUT2D eigenvalue weighted by Gasteiger charge is 2.27. The van der Waals surface area contributed by atoms with Gasteiger partial charge in [0.1, 0.15) is 5.82 Å². The van der Waals surface area contributed by atoms with Crippen molar-refractivity contribution in [3.63, 3.8) is 0 Å². The SMILES string of the molecule is COC(=O)CCC(=O)N1CCCC(c2cc(NCc3cccnc3)n3ncc(Br)c3n2)C1. The molecule has 1 fully saturated rings. The van der Waals surface area contributed by atoms with Crippen molar-refractivity contribution in [1.82, 2.24) is 24.5 Å². The summed E-state index contributed by atoms with van der Waals surface area (Å²) in [4.78, 5) is 34.8. The van der Waals surface area contributed by atoms with E-state index >= 15 is 0 Å². The van der Waals surface area contributed by atoms with Crippen LogP contribution in [0.15, 0.2) is 41.3 Å². The van der Waals surface area contributed by atoms with Crippen molar-refractivity contribution in [3.8, 4) is 0 Å². The molecule has 1 N–H and O–H groups in total. The molecule has 9 nitrogen and oxygen atoms in total. The van der Waals surface area contributed by atoms with Gasteiger partial charge in [-0.3, -0.25) is 14.6 Å². The van der Waals surface area contributed by atoms with Gasteiger partial charge in [0.05, 0.1) is 29.9 Å². The van der Waals surface area contributed by atoms with Crippen molar-refractivity contribution in [3.05, 3.63) is 52.5 Å². The molecule has 0 bridgehead atoms. The summed E-state index contributed by atoms with van der Waals surface area (Å²) in [6.45, 7) is 1.88. The Morgan fingerprint density at radius 2 is 2.19 bits per heavy atom. The summed E-state index contributed by atoms with van der Waals surface area (Å²) in [7, 11) is 1.33. The fourth-order valence-corrected chi connectivity index (χ4v) is 4.25. The number of aromatic nitrogens is 4. The molecule has 1 aliphatic rings. The van der Waals surface area contributed by atoms with Gasteiger partial charge in [0.25, 0.3) is 0 Å². The van der Waals surface area contributed by atoms with Gasteiger partial charge in [0.2, 0.25) is 5.91 Å². The van der Waals surface area contributed by atoms with Crippen LogP contribution in [0.4, 0.5) is 5.82 Å². The molecule has 4 heterocycles. The molecule has 4 rings (SSSR count). The predicted octanol–water partition coefficient (Wildman–Crippen LogP) is 3.16. The first-order valence-corrected chi connectivity index (χ1v) is 11.4. The summed E-state index contributed by atoms with van der Waals surface area (Å²) in [5.41, 5.74) is 2.70. The molecule has 0 aliphatic carbocycles. The van der Waals surface area contributed by atoms with Crippen LogP contribution in [0.25, 0.3) is 5.65 Å². The van der Waals surface area contributed by atoms with Crippen molar-refractivity contribution >= 4 is 39.3 Å². The summed E-state index contributed by atoms with van der Waals surface area (Å²) in [6, 6.07) is 5.93. The third-order valence-corrected chi connectivity index (χ3v) is 6.17. The number of piperidine rings is 1. The van der Waals surface area contributed by atoms with Crippen LogP contribution in [0.1, 0.15) is 42.9 Å². The lowest BCUT2D eigenvalue weighted by molar-refractivity contribution is -0.143. The third kappa shape index (κ3) is 5.07. The van der Waals surface area contributed by atoms with Crippen LogP contribution in [-0.4, -0.2) is 56.6 Å². The number of anilines is 1. The normalized spacial score (nSPS) is 16.2. The van der Waals surface area contributed by atoms with E-state index in [1.807, 2.05) is 29.3 Å². The number of carbonyl (C=O) groups is 2. The summed E-state index contributed by atoms with van der Waals surface area (Å²) in [6.07, 6.45) is 7.40. The number of hydrogen-bond donors (Lipinski definition) is 1. The minimum absolute atomic E-state index is 0.0263. The van der Waals surface area contributed by atoms with Crippen LogP contribution in [-0.2, 0) is 20.9 Å². The number of carbonyl (C=O) groups excluding carboxylic acids is 2. The van der Waals surface area contributed by atoms with E-state index < -0.39 is 0 Å². The Morgan fingerprint density at radius 1 is 1.31 bits per heavy atom. The zero-order valence-corrected chi connectivity index (χ0v) is 19.4. The minimum Gasteiger partial charge on any atom is -0.469 e. The Hall–Kier alpha value is -3.01. The number of amides is 1. The molecule has 0 saturated carbocycles. The standard InChI is InChI=1S/C22H25BrN6O3/c1-32-21(31)7-6-20(30)28-9-3-5-16(14-28)18-10-19(25-12-15-4-2-8-24-11-15)29-22(27-18)17(23)13-26-29/h2,4,8,10-11,13,16,25H,3,5-7,9,12,14H2,1H3. The van der Waals surface area contributed by atoms with Crippen molar-refractivity contribution in [2.45, 2.75) is 38.1 Å². The maximum atomic E-state index is 12.6. The van der Waals surface area contributed by atoms with E-state index in [1.165, 1.54) is 7.11 Å². The summed E-state index contributed by atoms with van der Waals surface area (Å²) in [5, 5.41) is 7.87. The second-order valence-corrected chi connectivity index (χ2v) is 8.62. The summed E-state index contributed by atoms with van der Waals surface area (Å²) >= 11 is 3.54. The van der Waals surface area contributed by atoms with Gasteiger partial charge in [-0.05, 0) is 40.4 Å². The molecule has 0 aromatic carbocycles. The Kier molecular flexibility index (Phi) is 6.99. The molecule has 0 spiro atoms. The van der Waals surface area contributed by atoms with Crippen LogP contribution in [0.5, 0.6) is 0 Å². The second-order valence-electron chi connectivity index (χ2n) is 7.76. The molecule has 1 amide bonds. The van der Waals surface area contributed by atoms with E-state index in [-0.39, 0.29) is 30.6 Å². The first kappa shape index (κ1) is 22.2. The molecule has 168 valence electrons. The number of ether oxygens (including phenoxy) is 1. The molecule has 10 heteroatoms. The number of halogens is 1. The highest BCUT2D eigenvalue weighted by Crippen LogP contribution is 2.30. The van der Waals surface area contributed by atoms with Gasteiger partial charge >= 0.3 is 5.97 Å². The molecular weight excluding hydrogens is 476 g/mol. The fraction of sp³-hybridized carbons (Fsp3) is 0.409. The average Bonchev–Trinajstić information content (AvgIpc) is 3.22. The van der Waals surface area contributed by atoms with Gasteiger partial charge in [0, 0.05) is 50.4 Å². The highest BCUT2D eigenvalue weighted by atomic mass is 79.9. The maximum Gasteiger partial charge on any atom is 0.306 e. The van der Waals surface area contributed by atoms with E-state index in [0.717, 1.165) is 40.0 Å². The van der Waals surface area contributed by atoms with E-state index in [9.17, 15) is 9.59 Å². The molecule has 32 heavy (non-hydrogen) atoms. The van der Waals surface area contributed by atoms with Gasteiger partial charge in [-0.25, -0.2) is 4.98 Å². The van der Waals surface area contributed by atoms with Crippen LogP contribution in [0.2, 0.25) is 0 Å². The van der Waals surface area contributed by atoms with Crippen molar-refractivity contribution in [2.24, 2.45) is 0 Å². The second kappa shape index (κ2) is 10.1. The first-order chi connectivity index (χ1) is 15.5. The van der Waals surface area contributed by atoms with E-state index in [1.54, 1.807) is 16.9 Å². The molecule has 3 aromatic rings. The Balaban J connectivity index is 1.53. The molecule has 1 unspecified atom stereocenters. The lowest BCUT2D eigenvalue weighted by Crippen LogP contribution is -2.39. The quantitative estimate of drug-likeness (QED) is 0.497. The molecule has 3 aromatic heterocycles. The van der Waals surface area contributed by atoms with Gasteiger partial charge in [-0.15, -0.1) is 0 Å². The van der Waals surface area contributed by atoms with Crippen LogP contribution in [0, 0.1) is 0 Å². The minimum atomic E-state index is -0.367. The fourth-order valence-electron chi connectivity index (χ4n) is 3.90.